The summed E-state index contributed by atoms with van der Waals surface area (Å²) in [5.74, 6) is 0.0680. The topological polar surface area (TPSA) is 80.8 Å². The second-order valence-corrected chi connectivity index (χ2v) is 9.43. The summed E-state index contributed by atoms with van der Waals surface area (Å²) in [4.78, 5) is 14.1. The smallest absolute Gasteiger partial charge is 0.410 e. The molecular formula is C22H37NO6. The summed E-state index contributed by atoms with van der Waals surface area (Å²) in [6.45, 7) is 9.93. The molecule has 0 radical (unpaired) electrons. The maximum atomic E-state index is 12.6. The lowest BCUT2D eigenvalue weighted by Gasteiger charge is -2.44. The third-order valence-electron chi connectivity index (χ3n) is 6.41. The van der Waals surface area contributed by atoms with Gasteiger partial charge in [-0.15, -0.1) is 0 Å². The van der Waals surface area contributed by atoms with Gasteiger partial charge in [0.2, 0.25) is 0 Å². The summed E-state index contributed by atoms with van der Waals surface area (Å²) in [5, 5.41) is 9.92. The Kier molecular flexibility index (Phi) is 6.93. The van der Waals surface area contributed by atoms with Crippen LogP contribution in [0.5, 0.6) is 0 Å². The molecule has 7 heteroatoms. The molecule has 3 saturated heterocycles. The van der Waals surface area contributed by atoms with Gasteiger partial charge in [0.05, 0.1) is 36.5 Å². The number of nitrogens with zero attached hydrogens (tertiary/aromatic N) is 1. The Labute approximate surface area is 174 Å². The summed E-state index contributed by atoms with van der Waals surface area (Å²) in [5.41, 5.74) is 0.147. The Morgan fingerprint density at radius 2 is 1.97 bits per heavy atom. The summed E-state index contributed by atoms with van der Waals surface area (Å²) < 4.78 is 23.8. The molecular weight excluding hydrogens is 374 g/mol. The van der Waals surface area contributed by atoms with Crippen molar-refractivity contribution < 1.29 is 28.8 Å². The van der Waals surface area contributed by atoms with Crippen LogP contribution in [0.25, 0.3) is 0 Å². The number of amides is 1. The molecule has 5 atom stereocenters. The van der Waals surface area contributed by atoms with Gasteiger partial charge in [-0.2, -0.15) is 0 Å². The summed E-state index contributed by atoms with van der Waals surface area (Å²) in [6, 6.07) is 0. The van der Waals surface area contributed by atoms with Crippen LogP contribution in [0.2, 0.25) is 0 Å². The molecule has 0 aromatic carbocycles. The quantitative estimate of drug-likeness (QED) is 0.553. The van der Waals surface area contributed by atoms with E-state index in [-0.39, 0.29) is 35.9 Å². The Balaban J connectivity index is 1.71. The number of rotatable bonds is 5. The van der Waals surface area contributed by atoms with Crippen LogP contribution in [0.15, 0.2) is 11.6 Å². The lowest BCUT2D eigenvalue weighted by Crippen LogP contribution is -2.62. The highest BCUT2D eigenvalue weighted by atomic mass is 16.6. The molecule has 0 aromatic rings. The van der Waals surface area contributed by atoms with Crippen LogP contribution >= 0.6 is 0 Å². The molecule has 29 heavy (non-hydrogen) atoms. The largest absolute Gasteiger partial charge is 0.443 e. The zero-order valence-corrected chi connectivity index (χ0v) is 18.5. The molecule has 0 aromatic heterocycles. The minimum atomic E-state index is -0.818. The Morgan fingerprint density at radius 3 is 2.59 bits per heavy atom. The Morgan fingerprint density at radius 1 is 1.24 bits per heavy atom. The van der Waals surface area contributed by atoms with Gasteiger partial charge in [-0.3, -0.25) is 0 Å². The second kappa shape index (κ2) is 8.92. The molecule has 1 amide bonds. The average molecular weight is 412 g/mol. The number of ether oxygens (including phenoxy) is 4. The fourth-order valence-electron chi connectivity index (χ4n) is 4.67. The number of epoxide rings is 1. The van der Waals surface area contributed by atoms with E-state index in [0.29, 0.717) is 32.7 Å². The first-order valence-corrected chi connectivity index (χ1v) is 10.8. The van der Waals surface area contributed by atoms with Crippen LogP contribution < -0.4 is 0 Å². The SMILES string of the molecule is CO[C@H]1[C@H]([C@@]2(C)O[C@@H]2CC=C(C)C)CCOCCC[C@H]1OC(=O)N1CC(C)(O)C1. The van der Waals surface area contributed by atoms with Crippen LogP contribution in [0.4, 0.5) is 4.79 Å². The van der Waals surface area contributed by atoms with Gasteiger partial charge in [-0.05, 0) is 53.4 Å². The number of hydrogen-bond acceptors (Lipinski definition) is 6. The van der Waals surface area contributed by atoms with E-state index in [9.17, 15) is 9.90 Å². The van der Waals surface area contributed by atoms with Crippen LogP contribution in [0.1, 0.15) is 53.4 Å². The van der Waals surface area contributed by atoms with E-state index in [2.05, 4.69) is 26.8 Å². The van der Waals surface area contributed by atoms with Crippen molar-refractivity contribution in [1.82, 2.24) is 4.90 Å². The molecule has 0 aliphatic carbocycles. The number of β-amino-alcohol motifs (C(OH)–C–C–N with tert-alkyl or cyclic N) is 1. The Bertz CT molecular complexity index is 608. The van der Waals surface area contributed by atoms with Gasteiger partial charge in [0.15, 0.2) is 0 Å². The molecule has 1 N–H and O–H groups in total. The van der Waals surface area contributed by atoms with Gasteiger partial charge < -0.3 is 29.0 Å². The second-order valence-electron chi connectivity index (χ2n) is 9.43. The summed E-state index contributed by atoms with van der Waals surface area (Å²) in [7, 11) is 1.68. The van der Waals surface area contributed by atoms with Gasteiger partial charge in [0, 0.05) is 26.2 Å². The number of aliphatic hydroxyl groups is 1. The molecule has 7 nitrogen and oxygen atoms in total. The van der Waals surface area contributed by atoms with Gasteiger partial charge in [0.1, 0.15) is 6.10 Å². The van der Waals surface area contributed by atoms with E-state index in [0.717, 1.165) is 19.3 Å². The lowest BCUT2D eigenvalue weighted by molar-refractivity contribution is -0.106. The van der Waals surface area contributed by atoms with Crippen molar-refractivity contribution >= 4 is 6.09 Å². The number of carbonyl (C=O) groups is 1. The van der Waals surface area contributed by atoms with Gasteiger partial charge >= 0.3 is 6.09 Å². The standard InChI is InChI=1S/C22H37NO6/c1-15(2)8-9-18-22(4,29-18)16-10-12-27-11-6-7-17(19(16)26-5)28-20(24)23-13-21(3,25)14-23/h8,16-19,25H,6-7,9-14H2,1-5H3/t16-,17-,18-,19+,22-/m1/s1. The molecule has 3 rings (SSSR count). The predicted molar refractivity (Wildman–Crippen MR) is 109 cm³/mol. The lowest BCUT2D eigenvalue weighted by atomic mass is 9.80. The molecule has 0 spiro atoms. The molecule has 0 unspecified atom stereocenters. The normalized spacial score (nSPS) is 36.8. The third kappa shape index (κ3) is 5.32. The van der Waals surface area contributed by atoms with Crippen molar-refractivity contribution in [2.45, 2.75) is 82.9 Å². The number of methoxy groups -OCH3 is 1. The Hall–Kier alpha value is -1.15. The fraction of sp³-hybridized carbons (Fsp3) is 0.864. The first-order valence-electron chi connectivity index (χ1n) is 10.8. The highest BCUT2D eigenvalue weighted by Crippen LogP contribution is 2.49. The van der Waals surface area contributed by atoms with E-state index < -0.39 is 5.60 Å². The van der Waals surface area contributed by atoms with Crippen LogP contribution in [0, 0.1) is 5.92 Å². The maximum absolute atomic E-state index is 12.6. The van der Waals surface area contributed by atoms with Crippen molar-refractivity contribution in [3.63, 3.8) is 0 Å². The first kappa shape index (κ1) is 22.5. The molecule has 0 saturated carbocycles. The minimum Gasteiger partial charge on any atom is -0.443 e. The third-order valence-corrected chi connectivity index (χ3v) is 6.41. The van der Waals surface area contributed by atoms with Crippen LogP contribution in [0.3, 0.4) is 0 Å². The number of hydrogen-bond donors (Lipinski definition) is 1. The number of allylic oxidation sites excluding steroid dienone is 1. The first-order chi connectivity index (χ1) is 13.7. The van der Waals surface area contributed by atoms with Crippen LogP contribution in [-0.2, 0) is 18.9 Å². The number of carbonyl (C=O) groups excluding carboxylic acids is 1. The monoisotopic (exact) mass is 411 g/mol. The van der Waals surface area contributed by atoms with E-state index in [1.54, 1.807) is 14.0 Å². The van der Waals surface area contributed by atoms with Gasteiger partial charge in [-0.25, -0.2) is 4.79 Å². The van der Waals surface area contributed by atoms with Crippen molar-refractivity contribution in [1.29, 1.82) is 0 Å². The molecule has 3 aliphatic rings. The summed E-state index contributed by atoms with van der Waals surface area (Å²) >= 11 is 0. The summed E-state index contributed by atoms with van der Waals surface area (Å²) in [6.07, 6.45) is 4.50. The van der Waals surface area contributed by atoms with Crippen molar-refractivity contribution in [3.8, 4) is 0 Å². The maximum Gasteiger partial charge on any atom is 0.410 e. The molecule has 3 heterocycles. The predicted octanol–water partition coefficient (Wildman–Crippen LogP) is 2.90. The van der Waals surface area contributed by atoms with E-state index in [4.69, 9.17) is 18.9 Å². The van der Waals surface area contributed by atoms with Gasteiger partial charge in [-0.1, -0.05) is 11.6 Å². The fourth-order valence-corrected chi connectivity index (χ4v) is 4.67. The van der Waals surface area contributed by atoms with E-state index >= 15 is 0 Å². The molecule has 166 valence electrons. The average Bonchev–Trinajstić information content (AvgIpc) is 3.27. The van der Waals surface area contributed by atoms with E-state index in [1.165, 1.54) is 10.5 Å². The van der Waals surface area contributed by atoms with E-state index in [1.807, 2.05) is 0 Å². The minimum absolute atomic E-state index is 0.0680. The highest BCUT2D eigenvalue weighted by Gasteiger charge is 2.60. The molecule has 3 fully saturated rings. The van der Waals surface area contributed by atoms with Gasteiger partial charge in [0.25, 0.3) is 0 Å². The highest BCUT2D eigenvalue weighted by molar-refractivity contribution is 5.69. The van der Waals surface area contributed by atoms with Crippen molar-refractivity contribution in [2.75, 3.05) is 33.4 Å². The van der Waals surface area contributed by atoms with Crippen molar-refractivity contribution in [3.05, 3.63) is 11.6 Å². The molecule has 3 aliphatic heterocycles. The van der Waals surface area contributed by atoms with Crippen LogP contribution in [-0.4, -0.2) is 79.0 Å². The zero-order valence-electron chi connectivity index (χ0n) is 18.5. The zero-order chi connectivity index (χ0) is 21.2. The number of likely N-dealkylation sites (tertiary alicyclic amines) is 1. The van der Waals surface area contributed by atoms with Crippen molar-refractivity contribution in [2.24, 2.45) is 5.92 Å². The molecule has 0 bridgehead atoms.